The van der Waals surface area contributed by atoms with E-state index in [1.165, 1.54) is 88.8 Å². The molecule has 1 rings (SSSR count). The van der Waals surface area contributed by atoms with Crippen LogP contribution in [-0.2, 0) is 14.2 Å². The van der Waals surface area contributed by atoms with Crippen LogP contribution in [0, 0.1) is 0 Å². The molecule has 0 radical (unpaired) electrons. The van der Waals surface area contributed by atoms with E-state index in [-0.39, 0.29) is 12.7 Å². The molecule has 2 unspecified atom stereocenters. The summed E-state index contributed by atoms with van der Waals surface area (Å²) < 4.78 is 22.7. The Labute approximate surface area is 237 Å². The first-order valence-electron chi connectivity index (χ1n) is 15.1. The number of hydrogen-bond donors (Lipinski definition) is 1. The highest BCUT2D eigenvalue weighted by Gasteiger charge is 2.11. The molecular formula is C30H56N2O5S. The molecule has 1 heterocycles. The van der Waals surface area contributed by atoms with E-state index < -0.39 is 0 Å². The summed E-state index contributed by atoms with van der Waals surface area (Å²) in [5.74, 6) is 0.689. The topological polar surface area (TPSA) is 82.9 Å². The molecule has 8 heteroatoms. The van der Waals surface area contributed by atoms with Gasteiger partial charge in [0.05, 0.1) is 51.8 Å². The van der Waals surface area contributed by atoms with Crippen LogP contribution in [0.3, 0.4) is 0 Å². The predicted octanol–water partition coefficient (Wildman–Crippen LogP) is 7.25. The van der Waals surface area contributed by atoms with Gasteiger partial charge >= 0.3 is 0 Å². The average molecular weight is 557 g/mol. The minimum Gasteiger partial charge on any atom is -0.478 e. The lowest BCUT2D eigenvalue weighted by molar-refractivity contribution is -0.0612. The van der Waals surface area contributed by atoms with Crippen LogP contribution in [0.4, 0.5) is 0 Å². The molecule has 0 fully saturated rings. The number of nitrogens with zero attached hydrogens (tertiary/aromatic N) is 2. The molecule has 1 aromatic heterocycles. The van der Waals surface area contributed by atoms with Gasteiger partial charge in [-0.15, -0.1) is 0 Å². The fourth-order valence-electron chi connectivity index (χ4n) is 4.37. The highest BCUT2D eigenvalue weighted by atomic mass is 32.2. The van der Waals surface area contributed by atoms with Crippen molar-refractivity contribution in [3.05, 3.63) is 12.3 Å². The Bertz CT molecular complexity index is 640. The number of rotatable bonds is 28. The maximum Gasteiger partial charge on any atom is 0.217 e. The highest BCUT2D eigenvalue weighted by molar-refractivity contribution is 7.98. The van der Waals surface area contributed by atoms with Gasteiger partial charge < -0.3 is 24.1 Å². The molecular weight excluding hydrogens is 500 g/mol. The summed E-state index contributed by atoms with van der Waals surface area (Å²) in [5, 5.41) is 9.45. The normalized spacial score (nSPS) is 13.1. The number of thioether (sulfide) groups is 1. The lowest BCUT2D eigenvalue weighted by atomic mass is 10.0. The lowest BCUT2D eigenvalue weighted by Crippen LogP contribution is -2.24. The van der Waals surface area contributed by atoms with Crippen LogP contribution < -0.4 is 4.74 Å². The monoisotopic (exact) mass is 556 g/mol. The molecule has 0 aliphatic heterocycles. The van der Waals surface area contributed by atoms with Gasteiger partial charge in [0.2, 0.25) is 5.88 Å². The van der Waals surface area contributed by atoms with Crippen molar-refractivity contribution < 1.29 is 24.1 Å². The molecule has 0 bridgehead atoms. The maximum absolute atomic E-state index is 8.68. The number of aromatic nitrogens is 2. The number of unbranched alkanes of at least 4 members (excludes halogenated alkanes) is 12. The Hall–Kier alpha value is -0.930. The second kappa shape index (κ2) is 26.3. The molecule has 0 aliphatic carbocycles. The summed E-state index contributed by atoms with van der Waals surface area (Å²) in [5.41, 5.74) is 0. The Kier molecular flexibility index (Phi) is 24.3. The van der Waals surface area contributed by atoms with Gasteiger partial charge in [-0.3, -0.25) is 0 Å². The minimum absolute atomic E-state index is 0.0581. The Morgan fingerprint density at radius 2 is 1.42 bits per heavy atom. The third-order valence-corrected chi connectivity index (χ3v) is 7.11. The Morgan fingerprint density at radius 1 is 0.816 bits per heavy atom. The average Bonchev–Trinajstić information content (AvgIpc) is 2.94. The van der Waals surface area contributed by atoms with Crippen molar-refractivity contribution in [2.75, 3.05) is 45.9 Å². The van der Waals surface area contributed by atoms with E-state index in [2.05, 4.69) is 23.8 Å². The summed E-state index contributed by atoms with van der Waals surface area (Å²) in [6.07, 6.45) is 23.5. The smallest absolute Gasteiger partial charge is 0.217 e. The zero-order valence-electron chi connectivity index (χ0n) is 24.5. The van der Waals surface area contributed by atoms with Crippen molar-refractivity contribution >= 4 is 11.8 Å². The van der Waals surface area contributed by atoms with Gasteiger partial charge in [-0.2, -0.15) is 4.98 Å². The molecule has 0 amide bonds. The van der Waals surface area contributed by atoms with Crippen molar-refractivity contribution in [1.82, 2.24) is 9.97 Å². The van der Waals surface area contributed by atoms with Gasteiger partial charge in [0.15, 0.2) is 5.16 Å². The van der Waals surface area contributed by atoms with E-state index in [0.717, 1.165) is 31.0 Å². The van der Waals surface area contributed by atoms with Crippen LogP contribution >= 0.6 is 11.8 Å². The molecule has 2 atom stereocenters. The van der Waals surface area contributed by atoms with Crippen LogP contribution in [0.5, 0.6) is 5.88 Å². The van der Waals surface area contributed by atoms with E-state index in [0.29, 0.717) is 38.4 Å². The van der Waals surface area contributed by atoms with Crippen LogP contribution in [-0.4, -0.2) is 73.2 Å². The molecule has 1 N–H and O–H groups in total. The summed E-state index contributed by atoms with van der Waals surface area (Å²) in [6.45, 7) is 7.13. The molecule has 0 saturated heterocycles. The minimum atomic E-state index is 0.0581. The number of ether oxygens (including phenoxy) is 4. The molecule has 222 valence electrons. The third-order valence-electron chi connectivity index (χ3n) is 6.55. The summed E-state index contributed by atoms with van der Waals surface area (Å²) >= 11 is 1.54. The first-order valence-corrected chi connectivity index (χ1v) is 16.3. The van der Waals surface area contributed by atoms with Gasteiger partial charge in [0, 0.05) is 12.3 Å². The largest absolute Gasteiger partial charge is 0.478 e. The summed E-state index contributed by atoms with van der Waals surface area (Å²) in [4.78, 5) is 8.51. The van der Waals surface area contributed by atoms with E-state index in [4.69, 9.17) is 24.1 Å². The first kappa shape index (κ1) is 35.1. The van der Waals surface area contributed by atoms with E-state index in [1.807, 2.05) is 12.3 Å². The molecule has 0 spiro atoms. The van der Waals surface area contributed by atoms with Gasteiger partial charge in [0.1, 0.15) is 0 Å². The van der Waals surface area contributed by atoms with E-state index in [1.54, 1.807) is 6.20 Å². The van der Waals surface area contributed by atoms with Crippen LogP contribution in [0.2, 0.25) is 0 Å². The zero-order chi connectivity index (χ0) is 27.5. The van der Waals surface area contributed by atoms with Crippen LogP contribution in [0.1, 0.15) is 110 Å². The highest BCUT2D eigenvalue weighted by Crippen LogP contribution is 2.16. The molecule has 7 nitrogen and oxygen atoms in total. The number of aliphatic hydroxyl groups is 1. The number of hydrogen-bond acceptors (Lipinski definition) is 8. The Balaban J connectivity index is 1.83. The lowest BCUT2D eigenvalue weighted by Gasteiger charge is -2.21. The van der Waals surface area contributed by atoms with Crippen molar-refractivity contribution in [1.29, 1.82) is 0 Å². The van der Waals surface area contributed by atoms with Crippen LogP contribution in [0.15, 0.2) is 17.4 Å². The van der Waals surface area contributed by atoms with Gasteiger partial charge in [0.25, 0.3) is 0 Å². The van der Waals surface area contributed by atoms with E-state index >= 15 is 0 Å². The molecule has 38 heavy (non-hydrogen) atoms. The van der Waals surface area contributed by atoms with Crippen molar-refractivity contribution in [2.45, 2.75) is 128 Å². The summed E-state index contributed by atoms with van der Waals surface area (Å²) in [6, 6.07) is 1.83. The Morgan fingerprint density at radius 3 is 2.03 bits per heavy atom. The van der Waals surface area contributed by atoms with Gasteiger partial charge in [-0.25, -0.2) is 4.98 Å². The quantitative estimate of drug-likeness (QED) is 0.0656. The maximum atomic E-state index is 8.68. The first-order chi connectivity index (χ1) is 18.7. The fourth-order valence-corrected chi connectivity index (χ4v) is 4.72. The van der Waals surface area contributed by atoms with Crippen LogP contribution in [0.25, 0.3) is 0 Å². The van der Waals surface area contributed by atoms with Crippen molar-refractivity contribution in [3.63, 3.8) is 0 Å². The molecule has 0 aromatic carbocycles. The SMILES string of the molecule is CCC(CCCCCCCCCCCCCCCOc1ccnc(SC)n1)OC(C)COCCOCCO. The van der Waals surface area contributed by atoms with Crippen molar-refractivity contribution in [2.24, 2.45) is 0 Å². The molecule has 0 saturated carbocycles. The number of aliphatic hydroxyl groups excluding tert-OH is 1. The summed E-state index contributed by atoms with van der Waals surface area (Å²) in [7, 11) is 0. The second-order valence-electron chi connectivity index (χ2n) is 10.0. The second-order valence-corrected chi connectivity index (χ2v) is 10.8. The molecule has 0 aliphatic rings. The van der Waals surface area contributed by atoms with Crippen molar-refractivity contribution in [3.8, 4) is 5.88 Å². The zero-order valence-corrected chi connectivity index (χ0v) is 25.4. The predicted molar refractivity (Wildman–Crippen MR) is 157 cm³/mol. The van der Waals surface area contributed by atoms with Gasteiger partial charge in [-0.05, 0) is 32.4 Å². The van der Waals surface area contributed by atoms with E-state index in [9.17, 15) is 0 Å². The standard InChI is InChI=1S/C30H56N2O5S/c1-4-28(37-27(2)26-35-25-24-34-23-21-33)18-16-14-12-10-8-6-5-7-9-11-13-15-17-22-36-29-19-20-31-30(32-29)38-3/h19-20,27-28,33H,4-18,21-26H2,1-3H3. The molecule has 1 aromatic rings. The fraction of sp³-hybridized carbons (Fsp3) is 0.867. The van der Waals surface area contributed by atoms with Gasteiger partial charge in [-0.1, -0.05) is 95.7 Å². The third kappa shape index (κ3) is 21.0.